The Labute approximate surface area is 96.8 Å². The van der Waals surface area contributed by atoms with Crippen molar-refractivity contribution < 1.29 is 14.7 Å². The zero-order chi connectivity index (χ0) is 12.1. The standard InChI is InChI=1S/C9H13N3O3S/c1-5-7(9(10-2)16-12-5)8(15)11-4-3-6(13)14/h10H,3-4H2,1-2H3,(H,11,15)(H,13,14). The minimum atomic E-state index is -0.936. The molecule has 0 aliphatic carbocycles. The molecule has 16 heavy (non-hydrogen) atoms. The van der Waals surface area contributed by atoms with E-state index in [1.54, 1.807) is 14.0 Å². The predicted molar refractivity (Wildman–Crippen MR) is 61.0 cm³/mol. The molecule has 0 spiro atoms. The van der Waals surface area contributed by atoms with E-state index in [1.165, 1.54) is 11.5 Å². The molecular formula is C9H13N3O3S. The molecular weight excluding hydrogens is 230 g/mol. The summed E-state index contributed by atoms with van der Waals surface area (Å²) < 4.78 is 4.05. The van der Waals surface area contributed by atoms with E-state index in [4.69, 9.17) is 5.11 Å². The molecule has 1 heterocycles. The molecule has 1 rings (SSSR count). The molecule has 0 atom stereocenters. The van der Waals surface area contributed by atoms with Gasteiger partial charge in [0.25, 0.3) is 5.91 Å². The maximum Gasteiger partial charge on any atom is 0.305 e. The van der Waals surface area contributed by atoms with Crippen LogP contribution < -0.4 is 10.6 Å². The van der Waals surface area contributed by atoms with Crippen LogP contribution in [0.4, 0.5) is 5.00 Å². The fourth-order valence-electron chi connectivity index (χ4n) is 1.18. The Morgan fingerprint density at radius 3 is 2.75 bits per heavy atom. The third-order valence-electron chi connectivity index (χ3n) is 1.94. The van der Waals surface area contributed by atoms with Crippen molar-refractivity contribution in [1.29, 1.82) is 0 Å². The van der Waals surface area contributed by atoms with Crippen molar-refractivity contribution in [2.75, 3.05) is 18.9 Å². The highest BCUT2D eigenvalue weighted by Crippen LogP contribution is 2.23. The zero-order valence-electron chi connectivity index (χ0n) is 9.03. The van der Waals surface area contributed by atoms with Crippen LogP contribution in [0.1, 0.15) is 22.5 Å². The highest BCUT2D eigenvalue weighted by molar-refractivity contribution is 7.10. The van der Waals surface area contributed by atoms with E-state index in [0.717, 1.165) is 0 Å². The van der Waals surface area contributed by atoms with Gasteiger partial charge in [0.05, 0.1) is 17.7 Å². The van der Waals surface area contributed by atoms with Crippen LogP contribution >= 0.6 is 11.5 Å². The molecule has 1 aromatic heterocycles. The lowest BCUT2D eigenvalue weighted by Crippen LogP contribution is -2.26. The van der Waals surface area contributed by atoms with Crippen molar-refractivity contribution in [2.24, 2.45) is 0 Å². The fourth-order valence-corrected chi connectivity index (χ4v) is 1.92. The van der Waals surface area contributed by atoms with E-state index in [2.05, 4.69) is 15.0 Å². The summed E-state index contributed by atoms with van der Waals surface area (Å²) in [5.41, 5.74) is 1.13. The topological polar surface area (TPSA) is 91.3 Å². The van der Waals surface area contributed by atoms with E-state index in [-0.39, 0.29) is 18.9 Å². The summed E-state index contributed by atoms with van der Waals surface area (Å²) in [4.78, 5) is 22.0. The maximum atomic E-state index is 11.7. The highest BCUT2D eigenvalue weighted by atomic mass is 32.1. The van der Waals surface area contributed by atoms with E-state index in [1.807, 2.05) is 0 Å². The van der Waals surface area contributed by atoms with Crippen molar-refractivity contribution in [3.8, 4) is 0 Å². The van der Waals surface area contributed by atoms with Gasteiger partial charge in [0.1, 0.15) is 5.00 Å². The van der Waals surface area contributed by atoms with Crippen LogP contribution in [0.3, 0.4) is 0 Å². The number of carbonyl (C=O) groups excluding carboxylic acids is 1. The van der Waals surface area contributed by atoms with Gasteiger partial charge in [0.15, 0.2) is 0 Å². The third kappa shape index (κ3) is 2.93. The normalized spacial score (nSPS) is 9.88. The molecule has 0 saturated carbocycles. The van der Waals surface area contributed by atoms with Crippen molar-refractivity contribution >= 4 is 28.4 Å². The number of hydrogen-bond donors (Lipinski definition) is 3. The van der Waals surface area contributed by atoms with E-state index in [0.29, 0.717) is 16.3 Å². The van der Waals surface area contributed by atoms with Crippen LogP contribution in [-0.4, -0.2) is 34.9 Å². The summed E-state index contributed by atoms with van der Waals surface area (Å²) in [7, 11) is 1.71. The average molecular weight is 243 g/mol. The van der Waals surface area contributed by atoms with Gasteiger partial charge in [-0.1, -0.05) is 0 Å². The van der Waals surface area contributed by atoms with Crippen LogP contribution in [0.25, 0.3) is 0 Å². The molecule has 0 saturated heterocycles. The van der Waals surface area contributed by atoms with Crippen molar-refractivity contribution in [3.05, 3.63) is 11.3 Å². The summed E-state index contributed by atoms with van der Waals surface area (Å²) in [5, 5.41) is 14.5. The summed E-state index contributed by atoms with van der Waals surface area (Å²) >= 11 is 1.21. The average Bonchev–Trinajstić information content (AvgIpc) is 2.58. The number of carbonyl (C=O) groups is 2. The summed E-state index contributed by atoms with van der Waals surface area (Å²) in [6.45, 7) is 1.86. The number of aliphatic carboxylic acids is 1. The van der Waals surface area contributed by atoms with Gasteiger partial charge >= 0.3 is 5.97 Å². The second-order valence-electron chi connectivity index (χ2n) is 3.12. The fraction of sp³-hybridized carbons (Fsp3) is 0.444. The van der Waals surface area contributed by atoms with E-state index < -0.39 is 5.97 Å². The minimum absolute atomic E-state index is 0.0861. The second kappa shape index (κ2) is 5.45. The van der Waals surface area contributed by atoms with Crippen LogP contribution in [0, 0.1) is 6.92 Å². The lowest BCUT2D eigenvalue weighted by molar-refractivity contribution is -0.136. The highest BCUT2D eigenvalue weighted by Gasteiger charge is 2.17. The van der Waals surface area contributed by atoms with Gasteiger partial charge in [-0.15, -0.1) is 0 Å². The first-order chi connectivity index (χ1) is 7.56. The van der Waals surface area contributed by atoms with Gasteiger partial charge in [0, 0.05) is 13.6 Å². The minimum Gasteiger partial charge on any atom is -0.481 e. The molecule has 1 amide bonds. The van der Waals surface area contributed by atoms with Gasteiger partial charge in [-0.2, -0.15) is 4.37 Å². The number of anilines is 1. The number of carboxylic acid groups (broad SMARTS) is 1. The van der Waals surface area contributed by atoms with Gasteiger partial charge in [-0.25, -0.2) is 0 Å². The molecule has 0 bridgehead atoms. The summed E-state index contributed by atoms with van der Waals surface area (Å²) in [6, 6.07) is 0. The molecule has 0 aliphatic heterocycles. The lowest BCUT2D eigenvalue weighted by atomic mass is 10.2. The summed E-state index contributed by atoms with van der Waals surface area (Å²) in [5.74, 6) is -1.23. The smallest absolute Gasteiger partial charge is 0.305 e. The third-order valence-corrected chi connectivity index (χ3v) is 2.90. The monoisotopic (exact) mass is 243 g/mol. The van der Waals surface area contributed by atoms with Crippen LogP contribution in [0.15, 0.2) is 0 Å². The molecule has 0 unspecified atom stereocenters. The van der Waals surface area contributed by atoms with Gasteiger partial charge < -0.3 is 15.7 Å². The molecule has 88 valence electrons. The number of aromatic nitrogens is 1. The maximum absolute atomic E-state index is 11.7. The number of amides is 1. The quantitative estimate of drug-likeness (QED) is 0.708. The molecule has 0 aliphatic rings. The molecule has 7 heteroatoms. The number of hydrogen-bond acceptors (Lipinski definition) is 5. The van der Waals surface area contributed by atoms with E-state index >= 15 is 0 Å². The lowest BCUT2D eigenvalue weighted by Gasteiger charge is -2.04. The molecule has 0 aromatic carbocycles. The van der Waals surface area contributed by atoms with Crippen LogP contribution in [-0.2, 0) is 4.79 Å². The first-order valence-electron chi connectivity index (χ1n) is 4.70. The van der Waals surface area contributed by atoms with Crippen molar-refractivity contribution in [1.82, 2.24) is 9.69 Å². The van der Waals surface area contributed by atoms with Crippen LogP contribution in [0.2, 0.25) is 0 Å². The van der Waals surface area contributed by atoms with Crippen molar-refractivity contribution in [2.45, 2.75) is 13.3 Å². The second-order valence-corrected chi connectivity index (χ2v) is 3.90. The zero-order valence-corrected chi connectivity index (χ0v) is 9.85. The Hall–Kier alpha value is -1.63. The molecule has 0 radical (unpaired) electrons. The molecule has 3 N–H and O–H groups in total. The number of nitrogens with one attached hydrogen (secondary N) is 2. The number of aryl methyl sites for hydroxylation is 1. The first-order valence-corrected chi connectivity index (χ1v) is 5.47. The van der Waals surface area contributed by atoms with E-state index in [9.17, 15) is 9.59 Å². The van der Waals surface area contributed by atoms with Gasteiger partial charge in [-0.3, -0.25) is 9.59 Å². The Morgan fingerprint density at radius 1 is 1.50 bits per heavy atom. The Bertz CT molecular complexity index is 403. The predicted octanol–water partition coefficient (Wildman–Crippen LogP) is 0.698. The Balaban J connectivity index is 2.65. The van der Waals surface area contributed by atoms with Gasteiger partial charge in [0.2, 0.25) is 0 Å². The molecule has 6 nitrogen and oxygen atoms in total. The molecule has 0 fully saturated rings. The largest absolute Gasteiger partial charge is 0.481 e. The van der Waals surface area contributed by atoms with Gasteiger partial charge in [-0.05, 0) is 18.5 Å². The number of carboxylic acids is 1. The molecule has 1 aromatic rings. The SMILES string of the molecule is CNc1snc(C)c1C(=O)NCCC(=O)O. The summed E-state index contributed by atoms with van der Waals surface area (Å²) in [6.07, 6.45) is -0.0861. The first kappa shape index (κ1) is 12.4. The number of nitrogens with zero attached hydrogens (tertiary/aromatic N) is 1. The van der Waals surface area contributed by atoms with Crippen molar-refractivity contribution in [3.63, 3.8) is 0 Å². The van der Waals surface area contributed by atoms with Crippen LogP contribution in [0.5, 0.6) is 0 Å². The number of rotatable bonds is 5. The Morgan fingerprint density at radius 2 is 2.19 bits per heavy atom. The Kier molecular flexibility index (Phi) is 4.24.